The minimum Gasteiger partial charge on any atom is -0.289 e. The first kappa shape index (κ1) is 11.4. The Morgan fingerprint density at radius 3 is 2.19 bits per heavy atom. The van der Waals surface area contributed by atoms with E-state index in [1.165, 1.54) is 0 Å². The van der Waals surface area contributed by atoms with E-state index in [2.05, 4.69) is 15.9 Å². The molecule has 5 rings (SSSR count). The van der Waals surface area contributed by atoms with Crippen molar-refractivity contribution in [3.63, 3.8) is 0 Å². The van der Waals surface area contributed by atoms with Gasteiger partial charge in [-0.2, -0.15) is 0 Å². The summed E-state index contributed by atoms with van der Waals surface area (Å²) >= 11 is 3.41. The molecule has 3 heteroatoms. The fourth-order valence-corrected chi connectivity index (χ4v) is 4.00. The number of halogens is 1. The van der Waals surface area contributed by atoms with Crippen molar-refractivity contribution < 1.29 is 9.59 Å². The van der Waals surface area contributed by atoms with E-state index in [-0.39, 0.29) is 11.6 Å². The molecule has 0 saturated carbocycles. The second kappa shape index (κ2) is 3.49. The fourth-order valence-electron chi connectivity index (χ4n) is 3.54. The van der Waals surface area contributed by atoms with Gasteiger partial charge in [0.15, 0.2) is 11.6 Å². The van der Waals surface area contributed by atoms with Crippen LogP contribution in [0, 0.1) is 0 Å². The molecule has 98 valence electrons. The lowest BCUT2D eigenvalue weighted by atomic mass is 9.83. The van der Waals surface area contributed by atoms with E-state index in [1.807, 2.05) is 42.5 Å². The maximum Gasteiger partial charge on any atom is 0.194 e. The molecular formula is C18H7BrO2. The first-order valence-corrected chi connectivity index (χ1v) is 7.45. The summed E-state index contributed by atoms with van der Waals surface area (Å²) in [6.45, 7) is 0. The highest BCUT2D eigenvalue weighted by molar-refractivity contribution is 9.10. The van der Waals surface area contributed by atoms with Gasteiger partial charge in [-0.05, 0) is 23.6 Å². The van der Waals surface area contributed by atoms with Gasteiger partial charge in [-0.1, -0.05) is 40.2 Å². The largest absolute Gasteiger partial charge is 0.289 e. The van der Waals surface area contributed by atoms with Crippen LogP contribution in [0.4, 0.5) is 0 Å². The summed E-state index contributed by atoms with van der Waals surface area (Å²) in [5.74, 6) is 0.00598. The van der Waals surface area contributed by atoms with Crippen LogP contribution < -0.4 is 0 Å². The standard InChI is InChI=1S/C18H7BrO2/c19-9-6-12-15-13(7-9)18(21)11-5-4-8-2-1-3-10(17(12)20)14(8)16(11)15/h1-7H. The van der Waals surface area contributed by atoms with Gasteiger partial charge in [0.1, 0.15) is 0 Å². The first-order valence-electron chi connectivity index (χ1n) is 6.66. The molecule has 0 aromatic heterocycles. The minimum absolute atomic E-state index is 0.00231. The Morgan fingerprint density at radius 1 is 0.714 bits per heavy atom. The maximum atomic E-state index is 12.8. The van der Waals surface area contributed by atoms with E-state index in [1.54, 1.807) is 0 Å². The summed E-state index contributed by atoms with van der Waals surface area (Å²) in [6, 6.07) is 13.1. The van der Waals surface area contributed by atoms with Crippen molar-refractivity contribution in [3.8, 4) is 11.1 Å². The number of hydrogen-bond acceptors (Lipinski definition) is 2. The summed E-state index contributed by atoms with van der Waals surface area (Å²) in [5.41, 5.74) is 4.40. The first-order chi connectivity index (χ1) is 10.2. The Labute approximate surface area is 128 Å². The molecule has 2 aliphatic rings. The van der Waals surface area contributed by atoms with E-state index in [4.69, 9.17) is 0 Å². The summed E-state index contributed by atoms with van der Waals surface area (Å²) in [4.78, 5) is 25.4. The van der Waals surface area contributed by atoms with Crippen molar-refractivity contribution in [2.45, 2.75) is 0 Å². The number of carbonyl (C=O) groups excluding carboxylic acids is 2. The van der Waals surface area contributed by atoms with Crippen molar-refractivity contribution in [2.24, 2.45) is 0 Å². The molecule has 0 saturated heterocycles. The lowest BCUT2D eigenvalue weighted by Crippen LogP contribution is -2.09. The summed E-state index contributed by atoms with van der Waals surface area (Å²) in [6.07, 6.45) is 0. The molecule has 2 aliphatic carbocycles. The molecule has 0 unspecified atom stereocenters. The molecule has 0 radical (unpaired) electrons. The zero-order valence-corrected chi connectivity index (χ0v) is 12.3. The third kappa shape index (κ3) is 1.19. The quantitative estimate of drug-likeness (QED) is 0.421. The molecular weight excluding hydrogens is 328 g/mol. The van der Waals surface area contributed by atoms with Crippen LogP contribution in [0.5, 0.6) is 0 Å². The van der Waals surface area contributed by atoms with E-state index in [0.29, 0.717) is 22.3 Å². The number of rotatable bonds is 0. The molecule has 2 nitrogen and oxygen atoms in total. The average Bonchev–Trinajstić information content (AvgIpc) is 2.78. The molecule has 0 N–H and O–H groups in total. The Morgan fingerprint density at radius 2 is 1.43 bits per heavy atom. The van der Waals surface area contributed by atoms with Crippen LogP contribution in [0.3, 0.4) is 0 Å². The lowest BCUT2D eigenvalue weighted by molar-refractivity contribution is 0.103. The fraction of sp³-hybridized carbons (Fsp3) is 0. The molecule has 0 amide bonds. The topological polar surface area (TPSA) is 34.1 Å². The van der Waals surface area contributed by atoms with Crippen molar-refractivity contribution in [3.05, 3.63) is 69.2 Å². The van der Waals surface area contributed by atoms with Crippen LogP contribution in [0.1, 0.15) is 31.8 Å². The van der Waals surface area contributed by atoms with Crippen LogP contribution in [-0.4, -0.2) is 11.6 Å². The SMILES string of the molecule is O=C1c2cc(Br)cc3c2-c2c1ccc1cccc(c21)C3=O. The highest BCUT2D eigenvalue weighted by atomic mass is 79.9. The van der Waals surface area contributed by atoms with Gasteiger partial charge in [0, 0.05) is 43.2 Å². The highest BCUT2D eigenvalue weighted by Gasteiger charge is 2.37. The van der Waals surface area contributed by atoms with Crippen LogP contribution >= 0.6 is 15.9 Å². The van der Waals surface area contributed by atoms with Gasteiger partial charge < -0.3 is 0 Å². The zero-order valence-electron chi connectivity index (χ0n) is 10.7. The predicted octanol–water partition coefficient (Wildman–Crippen LogP) is 4.36. The number of benzene rings is 3. The normalized spacial score (nSPS) is 14.1. The Bertz CT molecular complexity index is 1030. The summed E-state index contributed by atoms with van der Waals surface area (Å²) in [7, 11) is 0. The van der Waals surface area contributed by atoms with Gasteiger partial charge in [0.25, 0.3) is 0 Å². The Balaban J connectivity index is 2.15. The van der Waals surface area contributed by atoms with Gasteiger partial charge in [-0.25, -0.2) is 0 Å². The number of carbonyl (C=O) groups is 2. The molecule has 3 aromatic rings. The minimum atomic E-state index is -0.00231. The summed E-state index contributed by atoms with van der Waals surface area (Å²) in [5, 5.41) is 1.93. The molecule has 0 spiro atoms. The van der Waals surface area contributed by atoms with Gasteiger partial charge >= 0.3 is 0 Å². The average molecular weight is 335 g/mol. The van der Waals surface area contributed by atoms with Crippen molar-refractivity contribution in [2.75, 3.05) is 0 Å². The highest BCUT2D eigenvalue weighted by Crippen LogP contribution is 2.48. The second-order valence-electron chi connectivity index (χ2n) is 5.43. The number of hydrogen-bond donors (Lipinski definition) is 0. The third-order valence-corrected chi connectivity index (χ3v) is 4.84. The van der Waals surface area contributed by atoms with Crippen LogP contribution in [0.2, 0.25) is 0 Å². The number of ketones is 2. The predicted molar refractivity (Wildman–Crippen MR) is 83.9 cm³/mol. The molecule has 0 atom stereocenters. The summed E-state index contributed by atoms with van der Waals surface area (Å²) < 4.78 is 0.765. The molecule has 3 aromatic carbocycles. The van der Waals surface area contributed by atoms with Crippen LogP contribution in [0.25, 0.3) is 21.9 Å². The van der Waals surface area contributed by atoms with E-state index in [9.17, 15) is 9.59 Å². The van der Waals surface area contributed by atoms with Crippen molar-refractivity contribution in [1.82, 2.24) is 0 Å². The van der Waals surface area contributed by atoms with Crippen molar-refractivity contribution in [1.29, 1.82) is 0 Å². The molecule has 0 heterocycles. The Hall–Kier alpha value is -2.26. The smallest absolute Gasteiger partial charge is 0.194 e. The van der Waals surface area contributed by atoms with Gasteiger partial charge in [-0.15, -0.1) is 0 Å². The van der Waals surface area contributed by atoms with Crippen LogP contribution in [0.15, 0.2) is 46.9 Å². The van der Waals surface area contributed by atoms with Crippen LogP contribution in [-0.2, 0) is 0 Å². The van der Waals surface area contributed by atoms with E-state index < -0.39 is 0 Å². The zero-order chi connectivity index (χ0) is 14.3. The van der Waals surface area contributed by atoms with E-state index >= 15 is 0 Å². The Kier molecular flexibility index (Phi) is 1.90. The second-order valence-corrected chi connectivity index (χ2v) is 6.34. The van der Waals surface area contributed by atoms with Gasteiger partial charge in [0.05, 0.1) is 0 Å². The molecule has 0 fully saturated rings. The lowest BCUT2D eigenvalue weighted by Gasteiger charge is -2.18. The molecule has 21 heavy (non-hydrogen) atoms. The molecule has 0 bridgehead atoms. The monoisotopic (exact) mass is 334 g/mol. The van der Waals surface area contributed by atoms with Gasteiger partial charge in [-0.3, -0.25) is 9.59 Å². The van der Waals surface area contributed by atoms with Crippen molar-refractivity contribution >= 4 is 38.3 Å². The third-order valence-electron chi connectivity index (χ3n) is 4.38. The maximum absolute atomic E-state index is 12.8. The molecule has 0 aliphatic heterocycles. The van der Waals surface area contributed by atoms with E-state index in [0.717, 1.165) is 26.4 Å². The van der Waals surface area contributed by atoms with Gasteiger partial charge in [0.2, 0.25) is 0 Å².